The molecule has 0 amide bonds. The van der Waals surface area contributed by atoms with E-state index in [0.29, 0.717) is 17.9 Å². The molecule has 10 heteroatoms. The van der Waals surface area contributed by atoms with Crippen LogP contribution in [0.1, 0.15) is 5.69 Å². The number of thioether (sulfide) groups is 1. The molecule has 1 unspecified atom stereocenters. The lowest BCUT2D eigenvalue weighted by Gasteiger charge is -2.10. The fourth-order valence-corrected chi connectivity index (χ4v) is 3.46. The van der Waals surface area contributed by atoms with Crippen molar-refractivity contribution in [3.8, 4) is 17.2 Å². The second kappa shape index (κ2) is 7.72. The Bertz CT molecular complexity index is 710. The van der Waals surface area contributed by atoms with Crippen molar-refractivity contribution in [1.29, 1.82) is 0 Å². The molecule has 0 radical (unpaired) electrons. The van der Waals surface area contributed by atoms with Crippen molar-refractivity contribution in [3.05, 3.63) is 17.8 Å². The summed E-state index contributed by atoms with van der Waals surface area (Å²) in [4.78, 5) is 18.0. The molecule has 1 N–H and O–H groups in total. The van der Waals surface area contributed by atoms with Gasteiger partial charge in [0.1, 0.15) is 0 Å². The summed E-state index contributed by atoms with van der Waals surface area (Å²) >= 11 is 5.29. The smallest absolute Gasteiger partial charge is 0.262 e. The number of aromatic nitrogens is 1. The van der Waals surface area contributed by atoms with E-state index < -0.39 is 5.62 Å². The highest BCUT2D eigenvalue weighted by atomic mass is 32.2. The average Bonchev–Trinajstić information content (AvgIpc) is 3.16. The molecular formula is C14H18N2O6S2. The number of benzene rings is 1. The zero-order chi connectivity index (χ0) is 17.1. The number of ether oxygens (including phenoxy) is 3. The van der Waals surface area contributed by atoms with Crippen LogP contribution in [-0.4, -0.2) is 42.3 Å². The number of hydrogen-bond acceptors (Lipinski definition) is 9. The Kier molecular flexibility index (Phi) is 5.64. The van der Waals surface area contributed by atoms with Crippen molar-refractivity contribution in [2.45, 2.75) is 12.0 Å². The number of nitrogens with one attached hydrogen (secondary N) is 1. The third-order valence-electron chi connectivity index (χ3n) is 3.50. The van der Waals surface area contributed by atoms with Gasteiger partial charge in [0.05, 0.1) is 37.9 Å². The van der Waals surface area contributed by atoms with E-state index in [-0.39, 0.29) is 0 Å². The summed E-state index contributed by atoms with van der Waals surface area (Å²) in [6, 6.07) is 3.79. The Morgan fingerprint density at radius 2 is 2.00 bits per heavy atom. The number of aryl methyl sites for hydroxylation is 1. The minimum Gasteiger partial charge on any atom is -0.494 e. The molecule has 1 fully saturated rings. The molecule has 1 aliphatic rings. The summed E-state index contributed by atoms with van der Waals surface area (Å²) in [6.07, 6.45) is 0.712. The number of H-pyrrole nitrogens is 1. The van der Waals surface area contributed by atoms with Gasteiger partial charge in [0.2, 0.25) is 0 Å². The van der Waals surface area contributed by atoms with Crippen molar-refractivity contribution in [2.24, 2.45) is 0 Å². The highest BCUT2D eigenvalue weighted by Crippen LogP contribution is 2.43. The fraction of sp³-hybridized carbons (Fsp3) is 0.429. The van der Waals surface area contributed by atoms with Gasteiger partial charge in [0.25, 0.3) is 5.62 Å². The molecule has 1 aliphatic heterocycles. The Morgan fingerprint density at radius 1 is 1.21 bits per heavy atom. The average molecular weight is 374 g/mol. The quantitative estimate of drug-likeness (QED) is 0.566. The molecule has 0 aliphatic carbocycles. The molecule has 1 aromatic carbocycles. The molecule has 0 saturated carbocycles. The summed E-state index contributed by atoms with van der Waals surface area (Å²) in [5.74, 6) is 2.76. The molecule has 1 saturated heterocycles. The molecule has 1 atom stereocenters. The molecule has 0 bridgehead atoms. The topological polar surface area (TPSA) is 74.4 Å². The lowest BCUT2D eigenvalue weighted by Crippen LogP contribution is -2.07. The van der Waals surface area contributed by atoms with E-state index in [9.17, 15) is 0 Å². The summed E-state index contributed by atoms with van der Waals surface area (Å²) in [5, 5.41) is 0.859. The van der Waals surface area contributed by atoms with Crippen LogP contribution in [0.25, 0.3) is 10.9 Å². The van der Waals surface area contributed by atoms with Crippen LogP contribution in [0.15, 0.2) is 12.1 Å². The molecular weight excluding hydrogens is 356 g/mol. The monoisotopic (exact) mass is 374 g/mol. The van der Waals surface area contributed by atoms with Gasteiger partial charge in [-0.25, -0.2) is 4.84 Å². The van der Waals surface area contributed by atoms with Gasteiger partial charge in [-0.2, -0.15) is 4.89 Å². The zero-order valence-corrected chi connectivity index (χ0v) is 15.1. The predicted octanol–water partition coefficient (Wildman–Crippen LogP) is 2.71. The summed E-state index contributed by atoms with van der Waals surface area (Å²) in [5.41, 5.74) is 1.32. The summed E-state index contributed by atoms with van der Waals surface area (Å²) in [7, 11) is 4.85. The Hall–Kier alpha value is -1.30. The first-order valence-electron chi connectivity index (χ1n) is 7.08. The molecule has 0 spiro atoms. The molecule has 24 heavy (non-hydrogen) atoms. The lowest BCUT2D eigenvalue weighted by atomic mass is 10.2. The minimum absolute atomic E-state index is 0.549. The van der Waals surface area contributed by atoms with Gasteiger partial charge in [0.15, 0.2) is 17.2 Å². The van der Waals surface area contributed by atoms with Crippen molar-refractivity contribution >= 4 is 35.5 Å². The molecule has 2 heterocycles. The fourth-order valence-electron chi connectivity index (χ4n) is 2.52. The number of aromatic amines is 1. The number of rotatable bonds is 7. The zero-order valence-electron chi connectivity index (χ0n) is 13.4. The van der Waals surface area contributed by atoms with E-state index in [0.717, 1.165) is 32.7 Å². The van der Waals surface area contributed by atoms with Crippen molar-refractivity contribution in [3.63, 3.8) is 0 Å². The second-order valence-corrected chi connectivity index (χ2v) is 6.24. The van der Waals surface area contributed by atoms with Gasteiger partial charge in [0, 0.05) is 16.8 Å². The van der Waals surface area contributed by atoms with Crippen LogP contribution in [0, 0.1) is 0 Å². The van der Waals surface area contributed by atoms with Gasteiger partial charge >= 0.3 is 0 Å². The van der Waals surface area contributed by atoms with Crippen LogP contribution in [0.5, 0.6) is 17.2 Å². The van der Waals surface area contributed by atoms with Crippen LogP contribution < -0.4 is 14.2 Å². The van der Waals surface area contributed by atoms with Crippen LogP contribution in [0.3, 0.4) is 0 Å². The van der Waals surface area contributed by atoms with Crippen molar-refractivity contribution in [2.75, 3.05) is 27.1 Å². The Labute approximate surface area is 148 Å². The van der Waals surface area contributed by atoms with Crippen LogP contribution in [0.2, 0.25) is 0 Å². The molecule has 132 valence electrons. The maximum absolute atomic E-state index is 5.60. The number of methoxy groups -OCH3 is 3. The van der Waals surface area contributed by atoms with E-state index in [4.69, 9.17) is 23.9 Å². The van der Waals surface area contributed by atoms with E-state index in [1.807, 2.05) is 12.1 Å². The first-order valence-corrected chi connectivity index (χ1v) is 8.53. The number of thiol groups is 1. The predicted molar refractivity (Wildman–Crippen MR) is 92.0 cm³/mol. The minimum atomic E-state index is -0.549. The van der Waals surface area contributed by atoms with Gasteiger partial charge < -0.3 is 19.2 Å². The molecule has 1 aromatic heterocycles. The molecule has 3 rings (SSSR count). The van der Waals surface area contributed by atoms with Crippen molar-refractivity contribution < 1.29 is 28.9 Å². The SMILES string of the molecule is COc1ccc2[nH]c(CCSC3OON(S)O3)c(OC)c2c1OC. The van der Waals surface area contributed by atoms with Crippen molar-refractivity contribution in [1.82, 2.24) is 9.62 Å². The molecule has 2 aromatic rings. The largest absolute Gasteiger partial charge is 0.494 e. The maximum atomic E-state index is 5.60. The third-order valence-corrected chi connectivity index (χ3v) is 4.54. The van der Waals surface area contributed by atoms with E-state index in [1.54, 1.807) is 21.3 Å². The van der Waals surface area contributed by atoms with Gasteiger partial charge in [-0.05, 0) is 24.9 Å². The Balaban J connectivity index is 1.80. The number of hydrogen-bond donors (Lipinski definition) is 2. The standard InChI is InChI=1S/C14H18N2O6S2/c1-17-10-5-4-8-11(13(10)19-3)12(18-2)9(15-8)6-7-24-14-20-16(23)22-21-14/h4-5,14-15,23H,6-7H2,1-3H3. The normalized spacial score (nSPS) is 18.2. The third kappa shape index (κ3) is 3.39. The Morgan fingerprint density at radius 3 is 2.62 bits per heavy atom. The number of nitrogens with zero attached hydrogens (tertiary/aromatic N) is 1. The van der Waals surface area contributed by atoms with Crippen LogP contribution >= 0.6 is 24.6 Å². The van der Waals surface area contributed by atoms with E-state index in [1.165, 1.54) is 11.8 Å². The van der Waals surface area contributed by atoms with Gasteiger partial charge in [-0.15, -0.1) is 0 Å². The van der Waals surface area contributed by atoms with Crippen LogP contribution in [0.4, 0.5) is 0 Å². The van der Waals surface area contributed by atoms with E-state index >= 15 is 0 Å². The summed E-state index contributed by atoms with van der Waals surface area (Å²) < 4.78 is 17.3. The second-order valence-electron chi connectivity index (χ2n) is 4.78. The van der Waals surface area contributed by atoms with Gasteiger partial charge in [-0.1, -0.05) is 16.8 Å². The first kappa shape index (κ1) is 17.5. The van der Waals surface area contributed by atoms with Gasteiger partial charge in [-0.3, -0.25) is 0 Å². The highest BCUT2D eigenvalue weighted by Gasteiger charge is 2.25. The first-order chi connectivity index (χ1) is 11.7. The van der Waals surface area contributed by atoms with E-state index in [2.05, 4.69) is 22.8 Å². The molecule has 8 nitrogen and oxygen atoms in total. The maximum Gasteiger partial charge on any atom is 0.262 e. The van der Waals surface area contributed by atoms with Crippen LogP contribution in [-0.2, 0) is 21.1 Å². The summed E-state index contributed by atoms with van der Waals surface area (Å²) in [6.45, 7) is 0. The highest BCUT2D eigenvalue weighted by molar-refractivity contribution is 7.99. The number of fused-ring (bicyclic) bond motifs is 1. The lowest BCUT2D eigenvalue weighted by molar-refractivity contribution is -0.360.